The standard InChI is InChI=1S/C24H50O.C4H6O7S.H3N/c1-3-5-7-9-11-13-15-17-19-21-23-25-24-22-20-18-16-14-12-10-8-6-4-2;5-3(6)1-2(4(7)8)12(9,10)11;/h3-24H2,1-2H3;2H,1H2,(H,5,6)(H,7,8)(H,9,10,11);1H3. The quantitative estimate of drug-likeness (QED) is 0.0598. The van der Waals surface area contributed by atoms with E-state index in [1.165, 1.54) is 128 Å². The van der Waals surface area contributed by atoms with Crippen LogP contribution in [-0.4, -0.2) is 53.6 Å². The molecule has 0 aliphatic heterocycles. The minimum absolute atomic E-state index is 0. The first-order chi connectivity index (χ1) is 17.7. The maximum atomic E-state index is 10.2. The maximum Gasteiger partial charge on any atom is 0.325 e. The average molecular weight is 570 g/mol. The van der Waals surface area contributed by atoms with Gasteiger partial charge in [0.05, 0.1) is 6.42 Å². The van der Waals surface area contributed by atoms with Crippen molar-refractivity contribution in [3.05, 3.63) is 0 Å². The van der Waals surface area contributed by atoms with Gasteiger partial charge in [0, 0.05) is 13.2 Å². The molecule has 0 aromatic rings. The van der Waals surface area contributed by atoms with Crippen LogP contribution in [0.15, 0.2) is 0 Å². The van der Waals surface area contributed by atoms with Gasteiger partial charge in [-0.05, 0) is 12.8 Å². The molecule has 0 fully saturated rings. The summed E-state index contributed by atoms with van der Waals surface area (Å²) in [7, 11) is -4.84. The Morgan fingerprint density at radius 1 is 0.605 bits per heavy atom. The van der Waals surface area contributed by atoms with Crippen molar-refractivity contribution in [3.63, 3.8) is 0 Å². The number of aliphatic carboxylic acids is 2. The lowest BCUT2D eigenvalue weighted by atomic mass is 10.1. The Balaban J connectivity index is -0.000000794. The summed E-state index contributed by atoms with van der Waals surface area (Å²) in [6, 6.07) is 0. The molecular weight excluding hydrogens is 510 g/mol. The first-order valence-electron chi connectivity index (χ1n) is 14.6. The van der Waals surface area contributed by atoms with Crippen LogP contribution in [0.3, 0.4) is 0 Å². The van der Waals surface area contributed by atoms with Gasteiger partial charge < -0.3 is 21.1 Å². The zero-order valence-corrected chi connectivity index (χ0v) is 25.2. The summed E-state index contributed by atoms with van der Waals surface area (Å²) >= 11 is 0. The van der Waals surface area contributed by atoms with E-state index in [2.05, 4.69) is 13.8 Å². The van der Waals surface area contributed by atoms with E-state index >= 15 is 0 Å². The highest BCUT2D eigenvalue weighted by Crippen LogP contribution is 2.12. The lowest BCUT2D eigenvalue weighted by Gasteiger charge is -2.05. The molecule has 0 radical (unpaired) electrons. The number of carbonyl (C=O) groups is 2. The van der Waals surface area contributed by atoms with Crippen molar-refractivity contribution in [2.24, 2.45) is 0 Å². The van der Waals surface area contributed by atoms with E-state index < -0.39 is 33.7 Å². The molecule has 0 saturated heterocycles. The van der Waals surface area contributed by atoms with Crippen LogP contribution in [-0.2, 0) is 24.4 Å². The highest BCUT2D eigenvalue weighted by Gasteiger charge is 2.33. The predicted molar refractivity (Wildman–Crippen MR) is 155 cm³/mol. The second kappa shape index (κ2) is 30.3. The summed E-state index contributed by atoms with van der Waals surface area (Å²) in [5, 5.41) is 13.9. The van der Waals surface area contributed by atoms with Crippen LogP contribution in [0.25, 0.3) is 0 Å². The van der Waals surface area contributed by atoms with E-state index in [4.69, 9.17) is 19.5 Å². The SMILES string of the molecule is CCCCCCCCCCCCOCCCCCCCCCCCC.N.O=C(O)CC(C(=O)O)S(=O)(=O)O. The van der Waals surface area contributed by atoms with Crippen molar-refractivity contribution in [2.45, 2.75) is 154 Å². The number of rotatable bonds is 26. The summed E-state index contributed by atoms with van der Waals surface area (Å²) < 4.78 is 34.4. The smallest absolute Gasteiger partial charge is 0.325 e. The third kappa shape index (κ3) is 32.8. The molecule has 0 aromatic carbocycles. The molecule has 0 bridgehead atoms. The molecule has 0 rings (SSSR count). The van der Waals surface area contributed by atoms with Crippen LogP contribution in [0.4, 0.5) is 0 Å². The highest BCUT2D eigenvalue weighted by atomic mass is 32.2. The van der Waals surface area contributed by atoms with E-state index in [1.807, 2.05) is 0 Å². The van der Waals surface area contributed by atoms with Gasteiger partial charge >= 0.3 is 11.9 Å². The summed E-state index contributed by atoms with van der Waals surface area (Å²) in [6.45, 7) is 6.57. The van der Waals surface area contributed by atoms with Crippen LogP contribution in [0, 0.1) is 0 Å². The normalized spacial score (nSPS) is 11.8. The summed E-state index contributed by atoms with van der Waals surface area (Å²) in [5.41, 5.74) is 0. The predicted octanol–water partition coefficient (Wildman–Crippen LogP) is 7.81. The first-order valence-corrected chi connectivity index (χ1v) is 16.2. The Morgan fingerprint density at radius 3 is 1.11 bits per heavy atom. The molecule has 0 aromatic heterocycles. The minimum atomic E-state index is -4.84. The number of hydrogen-bond acceptors (Lipinski definition) is 6. The Kier molecular flexibility index (Phi) is 32.9. The number of unbranched alkanes of at least 4 members (excludes halogenated alkanes) is 18. The van der Waals surface area contributed by atoms with E-state index in [-0.39, 0.29) is 6.15 Å². The molecule has 0 amide bonds. The van der Waals surface area contributed by atoms with Crippen molar-refractivity contribution in [1.29, 1.82) is 0 Å². The third-order valence-corrected chi connectivity index (χ3v) is 7.37. The molecule has 0 heterocycles. The fourth-order valence-electron chi connectivity index (χ4n) is 3.96. The molecule has 6 N–H and O–H groups in total. The molecule has 9 nitrogen and oxygen atoms in total. The summed E-state index contributed by atoms with van der Waals surface area (Å²) in [5.74, 6) is -3.50. The van der Waals surface area contributed by atoms with Crippen molar-refractivity contribution >= 4 is 22.1 Å². The Morgan fingerprint density at radius 2 is 0.895 bits per heavy atom. The van der Waals surface area contributed by atoms with E-state index in [1.54, 1.807) is 0 Å². The molecule has 1 unspecified atom stereocenters. The van der Waals surface area contributed by atoms with Crippen LogP contribution in [0.2, 0.25) is 0 Å². The van der Waals surface area contributed by atoms with Crippen LogP contribution in [0.1, 0.15) is 149 Å². The first kappa shape index (κ1) is 41.3. The minimum Gasteiger partial charge on any atom is -0.481 e. The third-order valence-electron chi connectivity index (χ3n) is 6.28. The maximum absolute atomic E-state index is 10.2. The van der Waals surface area contributed by atoms with Gasteiger partial charge in [-0.15, -0.1) is 0 Å². The van der Waals surface area contributed by atoms with Crippen molar-refractivity contribution in [2.75, 3.05) is 13.2 Å². The van der Waals surface area contributed by atoms with E-state index in [9.17, 15) is 18.0 Å². The number of ether oxygens (including phenoxy) is 1. The van der Waals surface area contributed by atoms with Gasteiger partial charge in [0.15, 0.2) is 5.25 Å². The highest BCUT2D eigenvalue weighted by molar-refractivity contribution is 7.87. The lowest BCUT2D eigenvalue weighted by molar-refractivity contribution is -0.143. The Labute approximate surface area is 232 Å². The molecule has 10 heteroatoms. The molecule has 0 aliphatic carbocycles. The fourth-order valence-corrected chi connectivity index (χ4v) is 4.57. The van der Waals surface area contributed by atoms with Gasteiger partial charge in [0.1, 0.15) is 0 Å². The second-order valence-electron chi connectivity index (χ2n) is 9.92. The number of carboxylic acid groups (broad SMARTS) is 2. The Hall–Kier alpha value is -1.23. The summed E-state index contributed by atoms with van der Waals surface area (Å²) in [6.07, 6.45) is 27.0. The van der Waals surface area contributed by atoms with Crippen LogP contribution < -0.4 is 6.15 Å². The summed E-state index contributed by atoms with van der Waals surface area (Å²) in [4.78, 5) is 20.0. The zero-order chi connectivity index (χ0) is 28.2. The number of carboxylic acids is 2. The van der Waals surface area contributed by atoms with Crippen LogP contribution >= 0.6 is 0 Å². The molecule has 0 spiro atoms. The molecule has 1 atom stereocenters. The largest absolute Gasteiger partial charge is 0.481 e. The molecular formula is C28H59NO8S. The lowest BCUT2D eigenvalue weighted by Crippen LogP contribution is -2.31. The molecule has 0 aliphatic rings. The van der Waals surface area contributed by atoms with Crippen LogP contribution in [0.5, 0.6) is 0 Å². The van der Waals surface area contributed by atoms with E-state index in [0.29, 0.717) is 0 Å². The molecule has 38 heavy (non-hydrogen) atoms. The van der Waals surface area contributed by atoms with Gasteiger partial charge in [0.2, 0.25) is 0 Å². The van der Waals surface area contributed by atoms with Gasteiger partial charge in [-0.3, -0.25) is 14.1 Å². The van der Waals surface area contributed by atoms with Crippen molar-refractivity contribution in [3.8, 4) is 0 Å². The zero-order valence-electron chi connectivity index (χ0n) is 24.3. The molecule has 230 valence electrons. The van der Waals surface area contributed by atoms with Crippen molar-refractivity contribution in [1.82, 2.24) is 6.15 Å². The fraction of sp³-hybridized carbons (Fsp3) is 0.929. The van der Waals surface area contributed by atoms with Gasteiger partial charge in [-0.2, -0.15) is 8.42 Å². The van der Waals surface area contributed by atoms with Gasteiger partial charge in [0.25, 0.3) is 10.1 Å². The number of hydrogen-bond donors (Lipinski definition) is 4. The topological polar surface area (TPSA) is 173 Å². The van der Waals surface area contributed by atoms with Gasteiger partial charge in [-0.25, -0.2) is 0 Å². The monoisotopic (exact) mass is 569 g/mol. The van der Waals surface area contributed by atoms with Crippen molar-refractivity contribution < 1.29 is 37.5 Å². The molecule has 0 saturated carbocycles. The second-order valence-corrected chi connectivity index (χ2v) is 11.5. The average Bonchev–Trinajstić information content (AvgIpc) is 2.83. The Bertz CT molecular complexity index is 606. The van der Waals surface area contributed by atoms with Gasteiger partial charge in [-0.1, -0.05) is 129 Å². The van der Waals surface area contributed by atoms with E-state index in [0.717, 1.165) is 13.2 Å².